The molecule has 3 rings (SSSR count). The Morgan fingerprint density at radius 3 is 2.95 bits per heavy atom. The highest BCUT2D eigenvalue weighted by Crippen LogP contribution is 2.44. The molecule has 0 spiro atoms. The van der Waals surface area contributed by atoms with Crippen LogP contribution in [0.1, 0.15) is 37.1 Å². The lowest BCUT2D eigenvalue weighted by Crippen LogP contribution is -2.22. The summed E-state index contributed by atoms with van der Waals surface area (Å²) in [6, 6.07) is 9.23. The second kappa shape index (κ2) is 5.85. The number of nitrogens with one attached hydrogen (secondary N) is 1. The zero-order chi connectivity index (χ0) is 13.1. The molecule has 19 heavy (non-hydrogen) atoms. The van der Waals surface area contributed by atoms with Crippen molar-refractivity contribution in [2.75, 3.05) is 6.54 Å². The number of rotatable bonds is 6. The smallest absolute Gasteiger partial charge is 0.0443 e. The van der Waals surface area contributed by atoms with E-state index in [9.17, 15) is 0 Å². The number of nitrogens with zero attached hydrogens (tertiary/aromatic N) is 1. The van der Waals surface area contributed by atoms with E-state index >= 15 is 0 Å². The summed E-state index contributed by atoms with van der Waals surface area (Å²) < 4.78 is 0. The van der Waals surface area contributed by atoms with Gasteiger partial charge in [0.15, 0.2) is 0 Å². The van der Waals surface area contributed by atoms with Crippen LogP contribution in [0, 0.1) is 5.92 Å². The van der Waals surface area contributed by atoms with Crippen LogP contribution in [0.2, 0.25) is 0 Å². The molecule has 0 aromatic carbocycles. The van der Waals surface area contributed by atoms with Crippen LogP contribution in [-0.4, -0.2) is 11.5 Å². The Kier molecular flexibility index (Phi) is 3.95. The van der Waals surface area contributed by atoms with E-state index in [4.69, 9.17) is 0 Å². The van der Waals surface area contributed by atoms with Gasteiger partial charge in [-0.05, 0) is 49.9 Å². The first-order valence-corrected chi connectivity index (χ1v) is 7.93. The number of aromatic nitrogens is 1. The molecule has 1 unspecified atom stereocenters. The van der Waals surface area contributed by atoms with Gasteiger partial charge in [0, 0.05) is 33.8 Å². The van der Waals surface area contributed by atoms with Gasteiger partial charge < -0.3 is 5.32 Å². The summed E-state index contributed by atoms with van der Waals surface area (Å²) in [6.45, 7) is 3.34. The van der Waals surface area contributed by atoms with Crippen LogP contribution >= 0.6 is 11.3 Å². The van der Waals surface area contributed by atoms with Crippen molar-refractivity contribution >= 4 is 11.3 Å². The molecule has 0 saturated heterocycles. The van der Waals surface area contributed by atoms with Gasteiger partial charge >= 0.3 is 0 Å². The minimum Gasteiger partial charge on any atom is -0.309 e. The quantitative estimate of drug-likeness (QED) is 0.850. The molecule has 1 aliphatic rings. The van der Waals surface area contributed by atoms with Crippen molar-refractivity contribution in [2.24, 2.45) is 5.92 Å². The van der Waals surface area contributed by atoms with Crippen LogP contribution in [0.4, 0.5) is 0 Å². The molecule has 1 saturated carbocycles. The molecule has 100 valence electrons. The largest absolute Gasteiger partial charge is 0.309 e. The Balaban J connectivity index is 1.79. The van der Waals surface area contributed by atoms with Gasteiger partial charge in [-0.25, -0.2) is 0 Å². The van der Waals surface area contributed by atoms with Crippen molar-refractivity contribution in [1.82, 2.24) is 10.3 Å². The van der Waals surface area contributed by atoms with Crippen LogP contribution in [0.3, 0.4) is 0 Å². The predicted molar refractivity (Wildman–Crippen MR) is 81.3 cm³/mol. The Bertz CT molecular complexity index is 517. The van der Waals surface area contributed by atoms with Gasteiger partial charge in [0.2, 0.25) is 0 Å². The number of thiophene rings is 1. The third kappa shape index (κ3) is 3.04. The van der Waals surface area contributed by atoms with Crippen LogP contribution in [0.15, 0.2) is 36.7 Å². The number of hydrogen-bond donors (Lipinski definition) is 1. The van der Waals surface area contributed by atoms with E-state index in [1.165, 1.54) is 34.6 Å². The molecule has 2 aromatic heterocycles. The van der Waals surface area contributed by atoms with E-state index in [-0.39, 0.29) is 0 Å². The molecule has 0 amide bonds. The van der Waals surface area contributed by atoms with Gasteiger partial charge in [0.1, 0.15) is 0 Å². The molecule has 2 nitrogen and oxygen atoms in total. The maximum Gasteiger partial charge on any atom is 0.0443 e. The van der Waals surface area contributed by atoms with Gasteiger partial charge in [-0.1, -0.05) is 13.0 Å². The summed E-state index contributed by atoms with van der Waals surface area (Å²) >= 11 is 1.91. The van der Waals surface area contributed by atoms with Crippen molar-refractivity contribution in [3.8, 4) is 10.4 Å². The highest BCUT2D eigenvalue weighted by molar-refractivity contribution is 7.15. The van der Waals surface area contributed by atoms with Gasteiger partial charge in [-0.3, -0.25) is 4.98 Å². The SMILES string of the molecule is CCCNC(c1ccc(-c2cccnc2)s1)C1CC1. The Morgan fingerprint density at radius 1 is 1.37 bits per heavy atom. The van der Waals surface area contributed by atoms with E-state index in [0.717, 1.165) is 12.5 Å². The second-order valence-corrected chi connectivity index (χ2v) is 6.33. The molecule has 3 heteroatoms. The Labute approximate surface area is 118 Å². The molecular formula is C16H20N2S. The summed E-state index contributed by atoms with van der Waals surface area (Å²) in [5.74, 6) is 0.854. The lowest BCUT2D eigenvalue weighted by molar-refractivity contribution is 0.488. The maximum atomic E-state index is 4.20. The van der Waals surface area contributed by atoms with E-state index in [2.05, 4.69) is 35.4 Å². The van der Waals surface area contributed by atoms with Crippen molar-refractivity contribution in [3.05, 3.63) is 41.5 Å². The van der Waals surface area contributed by atoms with Crippen molar-refractivity contribution < 1.29 is 0 Å². The summed E-state index contributed by atoms with van der Waals surface area (Å²) in [5, 5.41) is 3.71. The first-order valence-electron chi connectivity index (χ1n) is 7.12. The first kappa shape index (κ1) is 12.8. The van der Waals surface area contributed by atoms with E-state index < -0.39 is 0 Å². The molecule has 0 radical (unpaired) electrons. The predicted octanol–water partition coefficient (Wildman–Crippen LogP) is 4.26. The molecule has 1 fully saturated rings. The summed E-state index contributed by atoms with van der Waals surface area (Å²) in [6.07, 6.45) is 7.72. The maximum absolute atomic E-state index is 4.20. The standard InChI is InChI=1S/C16H20N2S/c1-2-9-18-16(12-5-6-12)15-8-7-14(19-15)13-4-3-10-17-11-13/h3-4,7-8,10-12,16,18H,2,5-6,9H2,1H3. The van der Waals surface area contributed by atoms with E-state index in [1.54, 1.807) is 0 Å². The van der Waals surface area contributed by atoms with Crippen LogP contribution < -0.4 is 5.32 Å². The molecule has 1 N–H and O–H groups in total. The molecule has 2 aromatic rings. The minimum atomic E-state index is 0.565. The van der Waals surface area contributed by atoms with Gasteiger partial charge in [0.05, 0.1) is 0 Å². The Morgan fingerprint density at radius 2 is 2.26 bits per heavy atom. The first-order chi connectivity index (χ1) is 9.38. The average Bonchev–Trinajstić information content (AvgIpc) is 3.17. The van der Waals surface area contributed by atoms with Crippen LogP contribution in [-0.2, 0) is 0 Å². The van der Waals surface area contributed by atoms with Gasteiger partial charge in [0.25, 0.3) is 0 Å². The van der Waals surface area contributed by atoms with Gasteiger partial charge in [-0.15, -0.1) is 11.3 Å². The zero-order valence-corrected chi connectivity index (χ0v) is 12.1. The fourth-order valence-corrected chi connectivity index (χ4v) is 3.58. The zero-order valence-electron chi connectivity index (χ0n) is 11.3. The lowest BCUT2D eigenvalue weighted by Gasteiger charge is -2.16. The minimum absolute atomic E-state index is 0.565. The highest BCUT2D eigenvalue weighted by Gasteiger charge is 2.32. The summed E-state index contributed by atoms with van der Waals surface area (Å²) in [4.78, 5) is 7.01. The molecule has 1 aliphatic carbocycles. The van der Waals surface area contributed by atoms with Crippen molar-refractivity contribution in [3.63, 3.8) is 0 Å². The van der Waals surface area contributed by atoms with Crippen LogP contribution in [0.25, 0.3) is 10.4 Å². The number of pyridine rings is 1. The number of hydrogen-bond acceptors (Lipinski definition) is 3. The highest BCUT2D eigenvalue weighted by atomic mass is 32.1. The van der Waals surface area contributed by atoms with Crippen molar-refractivity contribution in [1.29, 1.82) is 0 Å². The third-order valence-electron chi connectivity index (χ3n) is 3.59. The molecule has 0 aliphatic heterocycles. The lowest BCUT2D eigenvalue weighted by atomic mass is 10.1. The second-order valence-electron chi connectivity index (χ2n) is 5.21. The van der Waals surface area contributed by atoms with E-state index in [0.29, 0.717) is 6.04 Å². The van der Waals surface area contributed by atoms with E-state index in [1.807, 2.05) is 29.8 Å². The normalized spacial score (nSPS) is 16.5. The fraction of sp³-hybridized carbons (Fsp3) is 0.438. The summed E-state index contributed by atoms with van der Waals surface area (Å²) in [7, 11) is 0. The molecule has 2 heterocycles. The summed E-state index contributed by atoms with van der Waals surface area (Å²) in [5.41, 5.74) is 1.23. The average molecular weight is 272 g/mol. The molecular weight excluding hydrogens is 252 g/mol. The monoisotopic (exact) mass is 272 g/mol. The molecule has 0 bridgehead atoms. The van der Waals surface area contributed by atoms with Gasteiger partial charge in [-0.2, -0.15) is 0 Å². The Hall–Kier alpha value is -1.19. The third-order valence-corrected chi connectivity index (χ3v) is 4.80. The van der Waals surface area contributed by atoms with Crippen LogP contribution in [0.5, 0.6) is 0 Å². The van der Waals surface area contributed by atoms with Crippen molar-refractivity contribution in [2.45, 2.75) is 32.2 Å². The topological polar surface area (TPSA) is 24.9 Å². The molecule has 1 atom stereocenters. The fourth-order valence-electron chi connectivity index (χ4n) is 2.41.